The quantitative estimate of drug-likeness (QED) is 0.804. The highest BCUT2D eigenvalue weighted by molar-refractivity contribution is 5.93. The summed E-state index contributed by atoms with van der Waals surface area (Å²) in [5.41, 5.74) is 1.77. The predicted molar refractivity (Wildman–Crippen MR) is 111 cm³/mol. The molecule has 2 aliphatic heterocycles. The number of aryl methyl sites for hydroxylation is 1. The van der Waals surface area contributed by atoms with Gasteiger partial charge in [-0.3, -0.25) is 4.79 Å². The first-order chi connectivity index (χ1) is 13.6. The van der Waals surface area contributed by atoms with Gasteiger partial charge in [-0.05, 0) is 26.1 Å². The maximum absolute atomic E-state index is 12.9. The van der Waals surface area contributed by atoms with E-state index in [0.29, 0.717) is 11.5 Å². The number of aromatic nitrogens is 2. The van der Waals surface area contributed by atoms with E-state index in [9.17, 15) is 4.79 Å². The van der Waals surface area contributed by atoms with Gasteiger partial charge in [0.2, 0.25) is 0 Å². The Hall–Kier alpha value is -2.67. The molecule has 0 N–H and O–H groups in total. The zero-order valence-electron chi connectivity index (χ0n) is 16.7. The Morgan fingerprint density at radius 1 is 0.857 bits per heavy atom. The fraction of sp³-hybridized carbons (Fsp3) is 0.476. The topological polar surface area (TPSA) is 55.8 Å². The number of likely N-dealkylation sites (N-methyl/N-ethyl adjacent to an activating group) is 1. The van der Waals surface area contributed by atoms with E-state index in [-0.39, 0.29) is 5.91 Å². The number of rotatable bonds is 3. The molecule has 1 aromatic carbocycles. The van der Waals surface area contributed by atoms with Crippen molar-refractivity contribution in [2.24, 2.45) is 0 Å². The van der Waals surface area contributed by atoms with E-state index in [2.05, 4.69) is 56.0 Å². The molecule has 0 atom stereocenters. The van der Waals surface area contributed by atoms with Gasteiger partial charge in [0.25, 0.3) is 5.91 Å². The minimum Gasteiger partial charge on any atom is -0.368 e. The van der Waals surface area contributed by atoms with E-state index in [1.54, 1.807) is 0 Å². The summed E-state index contributed by atoms with van der Waals surface area (Å²) in [5.74, 6) is 1.53. The molecule has 148 valence electrons. The van der Waals surface area contributed by atoms with Gasteiger partial charge in [-0.25, -0.2) is 9.97 Å². The molecule has 3 heterocycles. The molecule has 28 heavy (non-hydrogen) atoms. The number of nitrogens with zero attached hydrogens (tertiary/aromatic N) is 6. The molecule has 1 aromatic heterocycles. The number of amides is 1. The highest BCUT2D eigenvalue weighted by atomic mass is 16.2. The van der Waals surface area contributed by atoms with E-state index in [1.807, 2.05) is 24.0 Å². The van der Waals surface area contributed by atoms with Crippen molar-refractivity contribution in [3.05, 3.63) is 47.9 Å². The van der Waals surface area contributed by atoms with Crippen LogP contribution in [0, 0.1) is 6.92 Å². The highest BCUT2D eigenvalue weighted by Crippen LogP contribution is 2.20. The lowest BCUT2D eigenvalue weighted by molar-refractivity contribution is 0.0658. The van der Waals surface area contributed by atoms with Gasteiger partial charge in [0.05, 0.1) is 0 Å². The summed E-state index contributed by atoms with van der Waals surface area (Å²) in [6.45, 7) is 8.83. The van der Waals surface area contributed by atoms with Crippen molar-refractivity contribution in [2.75, 3.05) is 69.2 Å². The van der Waals surface area contributed by atoms with Gasteiger partial charge >= 0.3 is 0 Å². The fourth-order valence-electron chi connectivity index (χ4n) is 3.83. The van der Waals surface area contributed by atoms with E-state index < -0.39 is 0 Å². The Kier molecular flexibility index (Phi) is 5.43. The Morgan fingerprint density at radius 3 is 2.18 bits per heavy atom. The minimum absolute atomic E-state index is 0.0165. The summed E-state index contributed by atoms with van der Waals surface area (Å²) in [6.07, 6.45) is 0. The molecule has 0 spiro atoms. The maximum Gasteiger partial charge on any atom is 0.272 e. The first-order valence-corrected chi connectivity index (χ1v) is 9.98. The van der Waals surface area contributed by atoms with Crippen molar-refractivity contribution >= 4 is 17.4 Å². The Bertz CT molecular complexity index is 811. The molecule has 4 rings (SSSR count). The van der Waals surface area contributed by atoms with Crippen LogP contribution in [0.4, 0.5) is 11.5 Å². The predicted octanol–water partition coefficient (Wildman–Crippen LogP) is 1.50. The number of anilines is 2. The van der Waals surface area contributed by atoms with Crippen LogP contribution in [0.15, 0.2) is 36.4 Å². The molecule has 7 nitrogen and oxygen atoms in total. The number of carbonyl (C=O) groups is 1. The van der Waals surface area contributed by atoms with Crippen LogP contribution in [-0.4, -0.2) is 85.1 Å². The second-order valence-corrected chi connectivity index (χ2v) is 7.56. The Balaban J connectivity index is 1.45. The maximum atomic E-state index is 12.9. The van der Waals surface area contributed by atoms with Crippen LogP contribution in [0.3, 0.4) is 0 Å². The Morgan fingerprint density at radius 2 is 1.50 bits per heavy atom. The van der Waals surface area contributed by atoms with Gasteiger partial charge in [0.15, 0.2) is 0 Å². The van der Waals surface area contributed by atoms with Gasteiger partial charge in [-0.1, -0.05) is 18.2 Å². The average molecular weight is 380 g/mol. The average Bonchev–Trinajstić information content (AvgIpc) is 2.74. The molecule has 0 saturated carbocycles. The highest BCUT2D eigenvalue weighted by Gasteiger charge is 2.24. The van der Waals surface area contributed by atoms with Gasteiger partial charge in [0, 0.05) is 64.1 Å². The van der Waals surface area contributed by atoms with Crippen molar-refractivity contribution in [1.29, 1.82) is 0 Å². The minimum atomic E-state index is 0.0165. The van der Waals surface area contributed by atoms with E-state index in [1.165, 1.54) is 5.69 Å². The van der Waals surface area contributed by atoms with Gasteiger partial charge < -0.3 is 19.6 Å². The van der Waals surface area contributed by atoms with Gasteiger partial charge in [0.1, 0.15) is 17.3 Å². The fourth-order valence-corrected chi connectivity index (χ4v) is 3.83. The summed E-state index contributed by atoms with van der Waals surface area (Å²) >= 11 is 0. The van der Waals surface area contributed by atoms with Crippen molar-refractivity contribution in [1.82, 2.24) is 19.8 Å². The monoisotopic (exact) mass is 380 g/mol. The molecule has 0 radical (unpaired) electrons. The lowest BCUT2D eigenvalue weighted by Crippen LogP contribution is -2.48. The third kappa shape index (κ3) is 4.09. The molecule has 7 heteroatoms. The first kappa shape index (κ1) is 18.7. The third-order valence-corrected chi connectivity index (χ3v) is 5.56. The van der Waals surface area contributed by atoms with Gasteiger partial charge in [-0.2, -0.15) is 0 Å². The standard InChI is InChI=1S/C21H28N6O/c1-17-22-19(21(28)27-10-8-24(2)9-11-27)16-20(23-17)26-14-12-25(13-15-26)18-6-4-3-5-7-18/h3-7,16H,8-15H2,1-2H3. The molecule has 2 fully saturated rings. The van der Waals surface area contributed by atoms with Crippen LogP contribution in [0.5, 0.6) is 0 Å². The molecule has 0 bridgehead atoms. The Labute approximate surface area is 166 Å². The van der Waals surface area contributed by atoms with E-state index in [0.717, 1.165) is 58.2 Å². The van der Waals surface area contributed by atoms with Crippen molar-refractivity contribution in [2.45, 2.75) is 6.92 Å². The van der Waals surface area contributed by atoms with Crippen LogP contribution in [-0.2, 0) is 0 Å². The van der Waals surface area contributed by atoms with E-state index in [4.69, 9.17) is 0 Å². The summed E-state index contributed by atoms with van der Waals surface area (Å²) in [4.78, 5) is 30.8. The molecular weight excluding hydrogens is 352 g/mol. The number of benzene rings is 1. The van der Waals surface area contributed by atoms with Crippen LogP contribution < -0.4 is 9.80 Å². The summed E-state index contributed by atoms with van der Waals surface area (Å²) in [5, 5.41) is 0. The zero-order valence-corrected chi connectivity index (χ0v) is 16.7. The third-order valence-electron chi connectivity index (χ3n) is 5.56. The van der Waals surface area contributed by atoms with Gasteiger partial charge in [-0.15, -0.1) is 0 Å². The molecule has 0 unspecified atom stereocenters. The van der Waals surface area contributed by atoms with Crippen LogP contribution in [0.25, 0.3) is 0 Å². The van der Waals surface area contributed by atoms with Crippen LogP contribution >= 0.6 is 0 Å². The van der Waals surface area contributed by atoms with Crippen LogP contribution in [0.1, 0.15) is 16.3 Å². The number of hydrogen-bond acceptors (Lipinski definition) is 6. The molecule has 1 amide bonds. The second-order valence-electron chi connectivity index (χ2n) is 7.56. The number of carbonyl (C=O) groups excluding carboxylic acids is 1. The summed E-state index contributed by atoms with van der Waals surface area (Å²) in [6, 6.07) is 12.4. The summed E-state index contributed by atoms with van der Waals surface area (Å²) < 4.78 is 0. The number of hydrogen-bond donors (Lipinski definition) is 0. The summed E-state index contributed by atoms with van der Waals surface area (Å²) in [7, 11) is 2.09. The molecule has 0 aliphatic carbocycles. The molecule has 2 aliphatic rings. The normalized spacial score (nSPS) is 18.4. The number of piperazine rings is 2. The van der Waals surface area contributed by atoms with Crippen molar-refractivity contribution in [3.8, 4) is 0 Å². The van der Waals surface area contributed by atoms with Crippen molar-refractivity contribution < 1.29 is 4.79 Å². The van der Waals surface area contributed by atoms with E-state index >= 15 is 0 Å². The van der Waals surface area contributed by atoms with Crippen LogP contribution in [0.2, 0.25) is 0 Å². The molecular formula is C21H28N6O. The zero-order chi connectivity index (χ0) is 19.5. The second kappa shape index (κ2) is 8.14. The largest absolute Gasteiger partial charge is 0.368 e. The SMILES string of the molecule is Cc1nc(C(=O)N2CCN(C)CC2)cc(N2CCN(c3ccccc3)CC2)n1. The molecule has 2 saturated heterocycles. The number of para-hydroxylation sites is 1. The lowest BCUT2D eigenvalue weighted by atomic mass is 10.2. The molecule has 2 aromatic rings. The smallest absolute Gasteiger partial charge is 0.272 e. The van der Waals surface area contributed by atoms with Crippen molar-refractivity contribution in [3.63, 3.8) is 0 Å². The lowest BCUT2D eigenvalue weighted by Gasteiger charge is -2.37. The first-order valence-electron chi connectivity index (χ1n) is 9.98.